The van der Waals surface area contributed by atoms with Crippen LogP contribution >= 0.6 is 0 Å². The van der Waals surface area contributed by atoms with Gasteiger partial charge in [-0.3, -0.25) is 14.5 Å². The molecule has 4 amide bonds. The van der Waals surface area contributed by atoms with Gasteiger partial charge in [0.25, 0.3) is 5.91 Å². The maximum atomic E-state index is 13.0. The van der Waals surface area contributed by atoms with Crippen LogP contribution in [-0.2, 0) is 9.59 Å². The molecule has 0 unspecified atom stereocenters. The van der Waals surface area contributed by atoms with Crippen LogP contribution in [-0.4, -0.2) is 34.8 Å². The van der Waals surface area contributed by atoms with E-state index in [4.69, 9.17) is 4.74 Å². The van der Waals surface area contributed by atoms with Crippen LogP contribution in [0.2, 0.25) is 0 Å². The zero-order valence-electron chi connectivity index (χ0n) is 18.5. The number of rotatable bonds is 6. The second-order valence-corrected chi connectivity index (χ2v) is 8.74. The van der Waals surface area contributed by atoms with E-state index >= 15 is 0 Å². The lowest BCUT2D eigenvalue weighted by Gasteiger charge is -2.34. The molecule has 2 N–H and O–H groups in total. The summed E-state index contributed by atoms with van der Waals surface area (Å²) in [7, 11) is 0. The van der Waals surface area contributed by atoms with Crippen molar-refractivity contribution >= 4 is 23.5 Å². The number of anilines is 1. The molecule has 7 heteroatoms. The number of hydrogen-bond donors (Lipinski definition) is 2. The Hall–Kier alpha value is -3.35. The van der Waals surface area contributed by atoms with Gasteiger partial charge in [0.15, 0.2) is 0 Å². The van der Waals surface area contributed by atoms with Crippen LogP contribution in [0.15, 0.2) is 48.5 Å². The molecule has 0 atom stereocenters. The fraction of sp³-hybridized carbons (Fsp3) is 0.400. The number of nitrogens with zero attached hydrogens (tertiary/aromatic N) is 1. The summed E-state index contributed by atoms with van der Waals surface area (Å²) in [4.78, 5) is 39.0. The Bertz CT molecular complexity index is 993. The molecule has 7 nitrogen and oxygen atoms in total. The van der Waals surface area contributed by atoms with Gasteiger partial charge in [-0.05, 0) is 74.9 Å². The van der Waals surface area contributed by atoms with Gasteiger partial charge >= 0.3 is 6.03 Å². The van der Waals surface area contributed by atoms with Crippen molar-refractivity contribution in [2.75, 3.05) is 11.9 Å². The van der Waals surface area contributed by atoms with Crippen LogP contribution in [0, 0.1) is 12.8 Å². The molecule has 2 aliphatic rings. The van der Waals surface area contributed by atoms with Gasteiger partial charge in [0.2, 0.25) is 5.91 Å². The van der Waals surface area contributed by atoms with Crippen LogP contribution in [0.4, 0.5) is 10.5 Å². The van der Waals surface area contributed by atoms with Crippen molar-refractivity contribution in [2.45, 2.75) is 51.5 Å². The highest BCUT2D eigenvalue weighted by molar-refractivity contribution is 6.10. The molecule has 1 heterocycles. The smallest absolute Gasteiger partial charge is 0.325 e. The van der Waals surface area contributed by atoms with Crippen molar-refractivity contribution in [1.82, 2.24) is 10.2 Å². The van der Waals surface area contributed by atoms with Gasteiger partial charge in [-0.1, -0.05) is 31.0 Å². The molecular weight excluding hydrogens is 406 g/mol. The number of hydrogen-bond acceptors (Lipinski definition) is 4. The predicted octanol–water partition coefficient (Wildman–Crippen LogP) is 4.62. The molecular formula is C25H29N3O4. The molecule has 1 saturated heterocycles. The first kappa shape index (κ1) is 21.9. The Morgan fingerprint density at radius 1 is 1.06 bits per heavy atom. The third-order valence-corrected chi connectivity index (χ3v) is 6.48. The minimum Gasteiger partial charge on any atom is -0.457 e. The maximum Gasteiger partial charge on any atom is 0.325 e. The van der Waals surface area contributed by atoms with Gasteiger partial charge in [-0.15, -0.1) is 0 Å². The first-order chi connectivity index (χ1) is 15.4. The van der Waals surface area contributed by atoms with E-state index in [-0.39, 0.29) is 12.5 Å². The normalized spacial score (nSPS) is 22.7. The Kier molecular flexibility index (Phi) is 6.17. The van der Waals surface area contributed by atoms with Crippen LogP contribution in [0.1, 0.15) is 44.6 Å². The zero-order chi connectivity index (χ0) is 22.7. The third-order valence-electron chi connectivity index (χ3n) is 6.48. The molecule has 1 aliphatic carbocycles. The molecule has 4 rings (SSSR count). The predicted molar refractivity (Wildman–Crippen MR) is 122 cm³/mol. The van der Waals surface area contributed by atoms with Crippen LogP contribution < -0.4 is 15.4 Å². The number of carbonyl (C=O) groups is 3. The van der Waals surface area contributed by atoms with Crippen LogP contribution in [0.25, 0.3) is 0 Å². The average Bonchev–Trinajstić information content (AvgIpc) is 3.01. The van der Waals surface area contributed by atoms with Gasteiger partial charge in [0.1, 0.15) is 23.6 Å². The monoisotopic (exact) mass is 435 g/mol. The number of nitrogens with one attached hydrogen (secondary N) is 2. The first-order valence-corrected chi connectivity index (χ1v) is 11.2. The van der Waals surface area contributed by atoms with Crippen molar-refractivity contribution in [1.29, 1.82) is 0 Å². The molecule has 32 heavy (non-hydrogen) atoms. The maximum absolute atomic E-state index is 13.0. The van der Waals surface area contributed by atoms with Gasteiger partial charge in [0, 0.05) is 5.69 Å². The molecule has 0 aromatic heterocycles. The van der Waals surface area contributed by atoms with E-state index in [1.807, 2.05) is 31.2 Å². The van der Waals surface area contributed by atoms with E-state index in [9.17, 15) is 14.4 Å². The number of carbonyl (C=O) groups excluding carboxylic acids is 3. The number of aryl methyl sites for hydroxylation is 1. The summed E-state index contributed by atoms with van der Waals surface area (Å²) >= 11 is 0. The molecule has 0 radical (unpaired) electrons. The summed E-state index contributed by atoms with van der Waals surface area (Å²) in [5.41, 5.74) is 0.884. The minimum atomic E-state index is -0.835. The second-order valence-electron chi connectivity index (χ2n) is 8.74. The van der Waals surface area contributed by atoms with Gasteiger partial charge in [-0.25, -0.2) is 4.79 Å². The van der Waals surface area contributed by atoms with E-state index in [0.717, 1.165) is 35.5 Å². The van der Waals surface area contributed by atoms with Crippen molar-refractivity contribution < 1.29 is 19.1 Å². The lowest BCUT2D eigenvalue weighted by atomic mass is 9.75. The number of amides is 4. The van der Waals surface area contributed by atoms with Crippen molar-refractivity contribution in [3.8, 4) is 11.5 Å². The molecule has 1 saturated carbocycles. The summed E-state index contributed by atoms with van der Waals surface area (Å²) in [5, 5.41) is 5.61. The van der Waals surface area contributed by atoms with Crippen LogP contribution in [0.5, 0.6) is 11.5 Å². The summed E-state index contributed by atoms with van der Waals surface area (Å²) < 4.78 is 5.79. The van der Waals surface area contributed by atoms with E-state index in [1.54, 1.807) is 24.3 Å². The first-order valence-electron chi connectivity index (χ1n) is 11.2. The van der Waals surface area contributed by atoms with Crippen molar-refractivity contribution in [3.05, 3.63) is 54.1 Å². The molecule has 168 valence electrons. The molecule has 2 fully saturated rings. The lowest BCUT2D eigenvalue weighted by Crippen LogP contribution is -2.49. The second kappa shape index (κ2) is 9.02. The van der Waals surface area contributed by atoms with E-state index in [1.165, 1.54) is 0 Å². The summed E-state index contributed by atoms with van der Waals surface area (Å²) in [5.74, 6) is 1.27. The van der Waals surface area contributed by atoms with E-state index in [2.05, 4.69) is 17.6 Å². The Balaban J connectivity index is 1.33. The van der Waals surface area contributed by atoms with Crippen molar-refractivity contribution in [3.63, 3.8) is 0 Å². The van der Waals surface area contributed by atoms with E-state index in [0.29, 0.717) is 30.2 Å². The van der Waals surface area contributed by atoms with E-state index < -0.39 is 17.5 Å². The Labute approximate surface area is 188 Å². The van der Waals surface area contributed by atoms with Gasteiger partial charge in [-0.2, -0.15) is 0 Å². The summed E-state index contributed by atoms with van der Waals surface area (Å²) in [6, 6.07) is 14.2. The largest absolute Gasteiger partial charge is 0.457 e. The minimum absolute atomic E-state index is 0.283. The molecule has 1 spiro atoms. The highest BCUT2D eigenvalue weighted by Crippen LogP contribution is 2.37. The highest BCUT2D eigenvalue weighted by Gasteiger charge is 2.52. The molecule has 0 bridgehead atoms. The topological polar surface area (TPSA) is 87.7 Å². The zero-order valence-corrected chi connectivity index (χ0v) is 18.5. The fourth-order valence-electron chi connectivity index (χ4n) is 4.43. The summed E-state index contributed by atoms with van der Waals surface area (Å²) in [6.45, 7) is 3.86. The molecule has 2 aromatic carbocycles. The van der Waals surface area contributed by atoms with Gasteiger partial charge in [0.05, 0.1) is 0 Å². The highest BCUT2D eigenvalue weighted by atomic mass is 16.5. The third kappa shape index (κ3) is 4.61. The standard InChI is InChI=1S/C25H29N3O4/c1-3-18-12-14-25(15-13-18)23(30)28(24(31)27-25)16-22(29)26-19-6-10-21(11-7-19)32-20-8-4-17(2)5-9-20/h4-11,18H,3,12-16H2,1-2H3,(H,26,29)(H,27,31). The molecule has 1 aliphatic heterocycles. The number of imide groups is 1. The lowest BCUT2D eigenvalue weighted by molar-refractivity contribution is -0.135. The Morgan fingerprint density at radius 2 is 1.66 bits per heavy atom. The quantitative estimate of drug-likeness (QED) is 0.649. The SMILES string of the molecule is CCC1CCC2(CC1)NC(=O)N(CC(=O)Nc1ccc(Oc3ccc(C)cc3)cc1)C2=O. The number of ether oxygens (including phenoxy) is 1. The van der Waals surface area contributed by atoms with Crippen LogP contribution in [0.3, 0.4) is 0 Å². The summed E-state index contributed by atoms with van der Waals surface area (Å²) in [6.07, 6.45) is 4.19. The fourth-order valence-corrected chi connectivity index (χ4v) is 4.43. The van der Waals surface area contributed by atoms with Gasteiger partial charge < -0.3 is 15.4 Å². The molecule has 2 aromatic rings. The average molecular weight is 436 g/mol. The van der Waals surface area contributed by atoms with Crippen molar-refractivity contribution in [2.24, 2.45) is 5.92 Å². The number of benzene rings is 2. The number of urea groups is 1. The Morgan fingerprint density at radius 3 is 2.25 bits per heavy atom.